The highest BCUT2D eigenvalue weighted by Crippen LogP contribution is 2.46. The van der Waals surface area contributed by atoms with Gasteiger partial charge >= 0.3 is 0 Å². The van der Waals surface area contributed by atoms with Gasteiger partial charge in [-0.15, -0.1) is 11.3 Å². The normalized spacial score (nSPS) is 12.2. The molecule has 0 spiro atoms. The van der Waals surface area contributed by atoms with Crippen molar-refractivity contribution in [3.63, 3.8) is 0 Å². The highest BCUT2D eigenvalue weighted by Gasteiger charge is 2.23. The Morgan fingerprint density at radius 2 is 1.11 bits per heavy atom. The molecule has 4 aromatic heterocycles. The van der Waals surface area contributed by atoms with Crippen LogP contribution in [-0.4, -0.2) is 18.9 Å². The molecule has 0 aliphatic carbocycles. The van der Waals surface area contributed by atoms with Gasteiger partial charge in [-0.2, -0.15) is 0 Å². The quantitative estimate of drug-likeness (QED) is 0.185. The molecule has 0 amide bonds. The van der Waals surface area contributed by atoms with E-state index >= 15 is 0 Å². The maximum absolute atomic E-state index is 5.44. The van der Waals surface area contributed by atoms with Crippen molar-refractivity contribution in [2.24, 2.45) is 0 Å². The predicted octanol–water partition coefficient (Wildman–Crippen LogP) is 13.0. The van der Waals surface area contributed by atoms with Crippen LogP contribution in [0.25, 0.3) is 109 Å². The van der Waals surface area contributed by atoms with E-state index in [0.29, 0.717) is 0 Å². The molecule has 12 aromatic rings. The zero-order valence-electron chi connectivity index (χ0n) is 28.4. The summed E-state index contributed by atoms with van der Waals surface area (Å²) in [5, 5.41) is 8.42. The Balaban J connectivity index is 1.19. The molecular weight excluding hydrogens is 665 g/mol. The van der Waals surface area contributed by atoms with E-state index in [4.69, 9.17) is 9.97 Å². The highest BCUT2D eigenvalue weighted by molar-refractivity contribution is 7.26. The first-order chi connectivity index (χ1) is 26.3. The second-order valence-corrected chi connectivity index (χ2v) is 14.8. The maximum Gasteiger partial charge on any atom is 0.221 e. The molecule has 0 aliphatic heterocycles. The lowest BCUT2D eigenvalue weighted by molar-refractivity contribution is 0.982. The summed E-state index contributed by atoms with van der Waals surface area (Å²) in [5.41, 5.74) is 11.0. The molecular formula is C48H28N4S. The third-order valence-electron chi connectivity index (χ3n) is 10.9. The van der Waals surface area contributed by atoms with E-state index in [1.54, 1.807) is 0 Å². The third kappa shape index (κ3) is 4.05. The molecule has 4 heterocycles. The van der Waals surface area contributed by atoms with Crippen LogP contribution in [0.1, 0.15) is 0 Å². The average Bonchev–Trinajstić information content (AvgIpc) is 3.91. The Morgan fingerprint density at radius 1 is 0.415 bits per heavy atom. The molecule has 12 rings (SSSR count). The molecule has 8 aromatic carbocycles. The number of para-hydroxylation sites is 4. The van der Waals surface area contributed by atoms with Crippen molar-refractivity contribution in [3.05, 3.63) is 170 Å². The van der Waals surface area contributed by atoms with Crippen LogP contribution in [0, 0.1) is 0 Å². The Kier molecular flexibility index (Phi) is 5.90. The van der Waals surface area contributed by atoms with E-state index in [9.17, 15) is 0 Å². The van der Waals surface area contributed by atoms with Crippen LogP contribution in [0.4, 0.5) is 0 Å². The first kappa shape index (κ1) is 28.8. The van der Waals surface area contributed by atoms with E-state index in [1.807, 2.05) is 11.3 Å². The molecule has 0 radical (unpaired) electrons. The van der Waals surface area contributed by atoms with E-state index < -0.39 is 0 Å². The third-order valence-corrected chi connectivity index (χ3v) is 12.1. The summed E-state index contributed by atoms with van der Waals surface area (Å²) < 4.78 is 7.22. The largest absolute Gasteiger partial charge is 0.278 e. The second kappa shape index (κ2) is 10.8. The summed E-state index contributed by atoms with van der Waals surface area (Å²) >= 11 is 1.89. The van der Waals surface area contributed by atoms with Gasteiger partial charge in [-0.25, -0.2) is 9.97 Å². The van der Waals surface area contributed by atoms with Crippen LogP contribution < -0.4 is 0 Å². The molecule has 0 saturated carbocycles. The zero-order chi connectivity index (χ0) is 34.6. The molecule has 0 saturated heterocycles. The van der Waals surface area contributed by atoms with Gasteiger partial charge in [-0.1, -0.05) is 121 Å². The topological polar surface area (TPSA) is 35.1 Å². The summed E-state index contributed by atoms with van der Waals surface area (Å²) in [6.45, 7) is 0. The summed E-state index contributed by atoms with van der Waals surface area (Å²) in [4.78, 5) is 10.6. The fourth-order valence-electron chi connectivity index (χ4n) is 8.55. The maximum atomic E-state index is 5.44. The van der Waals surface area contributed by atoms with Crippen LogP contribution in [-0.2, 0) is 0 Å². The molecule has 4 nitrogen and oxygen atoms in total. The fraction of sp³-hybridized carbons (Fsp3) is 0. The van der Waals surface area contributed by atoms with Crippen LogP contribution in [0.2, 0.25) is 0 Å². The van der Waals surface area contributed by atoms with Gasteiger partial charge in [0.1, 0.15) is 5.65 Å². The van der Waals surface area contributed by atoms with Crippen LogP contribution in [0.3, 0.4) is 0 Å². The molecule has 5 heteroatoms. The van der Waals surface area contributed by atoms with Crippen molar-refractivity contribution < 1.29 is 0 Å². The fourth-order valence-corrected chi connectivity index (χ4v) is 9.76. The molecule has 0 atom stereocenters. The number of fused-ring (bicyclic) bond motifs is 13. The summed E-state index contributed by atoms with van der Waals surface area (Å²) in [6.07, 6.45) is 0. The number of hydrogen-bond donors (Lipinski definition) is 0. The summed E-state index contributed by atoms with van der Waals surface area (Å²) in [6, 6.07) is 61.2. The smallest absolute Gasteiger partial charge is 0.221 e. The van der Waals surface area contributed by atoms with Crippen molar-refractivity contribution in [1.29, 1.82) is 0 Å². The first-order valence-electron chi connectivity index (χ1n) is 17.9. The monoisotopic (exact) mass is 692 g/mol. The van der Waals surface area contributed by atoms with E-state index in [1.165, 1.54) is 64.0 Å². The summed E-state index contributed by atoms with van der Waals surface area (Å²) in [7, 11) is 0. The number of thiophene rings is 1. The highest BCUT2D eigenvalue weighted by atomic mass is 32.1. The number of aromatic nitrogens is 4. The van der Waals surface area contributed by atoms with Crippen molar-refractivity contribution in [2.45, 2.75) is 0 Å². The van der Waals surface area contributed by atoms with Gasteiger partial charge in [-0.05, 0) is 70.6 Å². The molecule has 0 bridgehead atoms. The summed E-state index contributed by atoms with van der Waals surface area (Å²) in [5.74, 6) is 0.831. The first-order valence-corrected chi connectivity index (χ1v) is 18.7. The van der Waals surface area contributed by atoms with Crippen LogP contribution in [0.15, 0.2) is 170 Å². The van der Waals surface area contributed by atoms with Crippen molar-refractivity contribution in [2.75, 3.05) is 0 Å². The van der Waals surface area contributed by atoms with E-state index in [2.05, 4.69) is 179 Å². The van der Waals surface area contributed by atoms with Gasteiger partial charge in [0.15, 0.2) is 0 Å². The van der Waals surface area contributed by atoms with Gasteiger partial charge in [0.2, 0.25) is 5.95 Å². The Morgan fingerprint density at radius 3 is 1.98 bits per heavy atom. The molecule has 246 valence electrons. The number of rotatable bonds is 3. The molecule has 53 heavy (non-hydrogen) atoms. The number of benzene rings is 8. The average molecular weight is 693 g/mol. The van der Waals surface area contributed by atoms with Crippen LogP contribution in [0.5, 0.6) is 0 Å². The van der Waals surface area contributed by atoms with Crippen LogP contribution >= 0.6 is 11.3 Å². The van der Waals surface area contributed by atoms with Crippen molar-refractivity contribution in [3.8, 4) is 28.2 Å². The van der Waals surface area contributed by atoms with Crippen molar-refractivity contribution >= 4 is 91.7 Å². The van der Waals surface area contributed by atoms with Gasteiger partial charge in [-0.3, -0.25) is 8.97 Å². The SMILES string of the molecule is c1ccc(-c2ccc3sc4c(-c5cc6c7ccccc7n(-c7nc8ccccc8c8nc9ccccc9n78)c6c6ccccc56)cccc4c3c2)cc1. The minimum atomic E-state index is 0.831. The van der Waals surface area contributed by atoms with Gasteiger partial charge in [0, 0.05) is 47.3 Å². The van der Waals surface area contributed by atoms with E-state index in [0.717, 1.165) is 44.6 Å². The van der Waals surface area contributed by atoms with Gasteiger partial charge in [0.25, 0.3) is 0 Å². The minimum Gasteiger partial charge on any atom is -0.278 e. The Bertz CT molecular complexity index is 3460. The molecule has 0 aliphatic rings. The lowest BCUT2D eigenvalue weighted by atomic mass is 9.94. The van der Waals surface area contributed by atoms with Crippen molar-refractivity contribution in [1.82, 2.24) is 18.9 Å². The lowest BCUT2D eigenvalue weighted by Crippen LogP contribution is -2.06. The number of imidazole rings is 1. The second-order valence-electron chi connectivity index (χ2n) is 13.8. The molecule has 0 unspecified atom stereocenters. The standard InChI is InChI=1S/C48H28N4S/c1-2-13-29(14-3-1)30-25-26-44-38(27-30)35-20-12-19-34(46(35)53-44)37-28-39-32-16-7-10-23-42(32)51(45(39)33-17-5-4-15-31(33)37)48-50-40-21-8-6-18-36(40)47-49-41-22-9-11-24-43(41)52(47)48/h1-28H. The van der Waals surface area contributed by atoms with Gasteiger partial charge < -0.3 is 0 Å². The van der Waals surface area contributed by atoms with E-state index in [-0.39, 0.29) is 0 Å². The zero-order valence-corrected chi connectivity index (χ0v) is 29.2. The number of hydrogen-bond acceptors (Lipinski definition) is 3. The molecule has 0 fully saturated rings. The lowest BCUT2D eigenvalue weighted by Gasteiger charge is -2.15. The Labute approximate surface area is 307 Å². The Hall–Kier alpha value is -6.82. The minimum absolute atomic E-state index is 0.831. The molecule has 0 N–H and O–H groups in total. The number of nitrogens with zero attached hydrogens (tertiary/aromatic N) is 4. The van der Waals surface area contributed by atoms with Gasteiger partial charge in [0.05, 0.1) is 27.6 Å². The predicted molar refractivity (Wildman–Crippen MR) is 224 cm³/mol.